The van der Waals surface area contributed by atoms with Gasteiger partial charge in [-0.3, -0.25) is 0 Å². The van der Waals surface area contributed by atoms with Crippen molar-refractivity contribution in [2.24, 2.45) is 0 Å². The molecule has 2 rings (SSSR count). The summed E-state index contributed by atoms with van der Waals surface area (Å²) in [5.74, 6) is 1.06. The van der Waals surface area contributed by atoms with Gasteiger partial charge in [0.05, 0.1) is 11.6 Å². The lowest BCUT2D eigenvalue weighted by atomic mass is 10.1. The molecule has 5 heteroatoms. The minimum absolute atomic E-state index is 0.315. The Morgan fingerprint density at radius 2 is 1.83 bits per heavy atom. The minimum Gasteiger partial charge on any atom is -0.437 e. The van der Waals surface area contributed by atoms with Crippen LogP contribution in [0.5, 0.6) is 11.6 Å². The average Bonchev–Trinajstić information content (AvgIpc) is 2.35. The Labute approximate surface area is 110 Å². The van der Waals surface area contributed by atoms with Crippen molar-refractivity contribution in [3.8, 4) is 17.7 Å². The van der Waals surface area contributed by atoms with Gasteiger partial charge in [0.15, 0.2) is 5.15 Å². The molecule has 0 atom stereocenters. The Morgan fingerprint density at radius 1 is 1.17 bits per heavy atom. The molecule has 1 aromatic carbocycles. The van der Waals surface area contributed by atoms with E-state index in [0.717, 1.165) is 11.1 Å². The Hall–Kier alpha value is -2.12. The molecule has 2 aromatic rings. The molecule has 0 unspecified atom stereocenters. The molecule has 4 nitrogen and oxygen atoms in total. The molecule has 1 aromatic heterocycles. The highest BCUT2D eigenvalue weighted by molar-refractivity contribution is 6.29. The van der Waals surface area contributed by atoms with Crippen LogP contribution < -0.4 is 4.74 Å². The van der Waals surface area contributed by atoms with Crippen molar-refractivity contribution in [2.75, 3.05) is 0 Å². The minimum atomic E-state index is 0.315. The van der Waals surface area contributed by atoms with Crippen LogP contribution in [0.2, 0.25) is 5.15 Å². The maximum Gasteiger partial charge on any atom is 0.238 e. The van der Waals surface area contributed by atoms with E-state index in [1.54, 1.807) is 24.3 Å². The molecule has 0 saturated carbocycles. The number of nitrogens with zero attached hydrogens (tertiary/aromatic N) is 3. The largest absolute Gasteiger partial charge is 0.437 e. The topological polar surface area (TPSA) is 58.8 Å². The van der Waals surface area contributed by atoms with Crippen LogP contribution in [-0.2, 0) is 0 Å². The zero-order chi connectivity index (χ0) is 13.1. The molecule has 90 valence electrons. The lowest BCUT2D eigenvalue weighted by Crippen LogP contribution is -1.95. The molecule has 0 radical (unpaired) electrons. The Balaban J connectivity index is 2.35. The third-order valence-electron chi connectivity index (χ3n) is 2.40. The lowest BCUT2D eigenvalue weighted by Gasteiger charge is -2.10. The van der Waals surface area contributed by atoms with Gasteiger partial charge >= 0.3 is 0 Å². The third kappa shape index (κ3) is 2.58. The molecular weight excluding hydrogens is 250 g/mol. The molecule has 0 aliphatic heterocycles. The summed E-state index contributed by atoms with van der Waals surface area (Å²) in [6.45, 7) is 3.76. The van der Waals surface area contributed by atoms with Crippen LogP contribution in [0.25, 0.3) is 0 Å². The molecule has 0 bridgehead atoms. The van der Waals surface area contributed by atoms with Gasteiger partial charge < -0.3 is 4.74 Å². The molecule has 0 aliphatic carbocycles. The predicted molar refractivity (Wildman–Crippen MR) is 67.7 cm³/mol. The number of nitriles is 1. The van der Waals surface area contributed by atoms with E-state index in [0.29, 0.717) is 22.3 Å². The molecule has 18 heavy (non-hydrogen) atoms. The molecule has 0 fully saturated rings. The number of ether oxygens (including phenoxy) is 1. The third-order valence-corrected chi connectivity index (χ3v) is 2.61. The summed E-state index contributed by atoms with van der Waals surface area (Å²) in [4.78, 5) is 0. The van der Waals surface area contributed by atoms with Crippen molar-refractivity contribution in [3.63, 3.8) is 0 Å². The van der Waals surface area contributed by atoms with Gasteiger partial charge in [0, 0.05) is 6.07 Å². The maximum atomic E-state index is 8.87. The number of hydrogen-bond donors (Lipinski definition) is 0. The van der Waals surface area contributed by atoms with Gasteiger partial charge in [0.1, 0.15) is 5.75 Å². The molecule has 0 saturated heterocycles. The van der Waals surface area contributed by atoms with E-state index in [1.165, 1.54) is 0 Å². The van der Waals surface area contributed by atoms with E-state index in [-0.39, 0.29) is 0 Å². The predicted octanol–water partition coefficient (Wildman–Crippen LogP) is 3.41. The lowest BCUT2D eigenvalue weighted by molar-refractivity contribution is 0.448. The summed E-state index contributed by atoms with van der Waals surface area (Å²) < 4.78 is 5.65. The summed E-state index contributed by atoms with van der Waals surface area (Å²) in [6, 6.07) is 8.90. The second-order valence-electron chi connectivity index (χ2n) is 3.85. The number of aromatic nitrogens is 2. The van der Waals surface area contributed by atoms with Crippen LogP contribution >= 0.6 is 11.6 Å². The Morgan fingerprint density at radius 3 is 2.33 bits per heavy atom. The van der Waals surface area contributed by atoms with Crippen LogP contribution in [0.15, 0.2) is 24.3 Å². The summed E-state index contributed by atoms with van der Waals surface area (Å²) in [5, 5.41) is 16.7. The van der Waals surface area contributed by atoms with Crippen LogP contribution in [0.1, 0.15) is 16.7 Å². The first-order valence-electron chi connectivity index (χ1n) is 5.28. The Kier molecular flexibility index (Phi) is 3.45. The van der Waals surface area contributed by atoms with E-state index in [1.807, 2.05) is 13.8 Å². The fraction of sp³-hybridized carbons (Fsp3) is 0.154. The summed E-state index contributed by atoms with van der Waals surface area (Å²) in [6.07, 6.45) is 0. The van der Waals surface area contributed by atoms with Crippen LogP contribution in [0.3, 0.4) is 0 Å². The fourth-order valence-corrected chi connectivity index (χ4v) is 1.74. The number of rotatable bonds is 2. The molecule has 0 spiro atoms. The molecular formula is C13H10ClN3O. The number of aryl methyl sites for hydroxylation is 2. The van der Waals surface area contributed by atoms with Crippen molar-refractivity contribution >= 4 is 11.6 Å². The van der Waals surface area contributed by atoms with Crippen LogP contribution in [0.4, 0.5) is 0 Å². The highest BCUT2D eigenvalue weighted by Gasteiger charge is 2.08. The first kappa shape index (κ1) is 12.3. The average molecular weight is 260 g/mol. The monoisotopic (exact) mass is 259 g/mol. The van der Waals surface area contributed by atoms with Gasteiger partial charge in [-0.25, -0.2) is 0 Å². The van der Waals surface area contributed by atoms with Crippen molar-refractivity contribution in [2.45, 2.75) is 13.8 Å². The first-order chi connectivity index (χ1) is 8.60. The van der Waals surface area contributed by atoms with Crippen molar-refractivity contribution < 1.29 is 4.74 Å². The molecule has 0 N–H and O–H groups in total. The van der Waals surface area contributed by atoms with Crippen molar-refractivity contribution in [1.82, 2.24) is 10.2 Å². The molecule has 0 aliphatic rings. The van der Waals surface area contributed by atoms with Gasteiger partial charge in [-0.1, -0.05) is 11.6 Å². The summed E-state index contributed by atoms with van der Waals surface area (Å²) in [5.41, 5.74) is 2.37. The second kappa shape index (κ2) is 5.03. The maximum absolute atomic E-state index is 8.87. The van der Waals surface area contributed by atoms with Gasteiger partial charge in [-0.2, -0.15) is 5.26 Å². The van der Waals surface area contributed by atoms with Gasteiger partial charge in [-0.15, -0.1) is 10.2 Å². The SMILES string of the molecule is Cc1cc(C#N)cc(C)c1Oc1ccc(Cl)nn1. The van der Waals surface area contributed by atoms with Gasteiger partial charge in [0.2, 0.25) is 5.88 Å². The van der Waals surface area contributed by atoms with Gasteiger partial charge in [-0.05, 0) is 43.2 Å². The number of halogens is 1. The summed E-state index contributed by atoms with van der Waals surface area (Å²) >= 11 is 5.65. The van der Waals surface area contributed by atoms with Crippen molar-refractivity contribution in [1.29, 1.82) is 5.26 Å². The van der Waals surface area contributed by atoms with Crippen LogP contribution in [-0.4, -0.2) is 10.2 Å². The standard InChI is InChI=1S/C13H10ClN3O/c1-8-5-10(7-15)6-9(2)13(8)18-12-4-3-11(14)16-17-12/h3-6H,1-2H3. The zero-order valence-corrected chi connectivity index (χ0v) is 10.7. The first-order valence-corrected chi connectivity index (χ1v) is 5.66. The highest BCUT2D eigenvalue weighted by atomic mass is 35.5. The second-order valence-corrected chi connectivity index (χ2v) is 4.23. The molecule has 0 amide bonds. The highest BCUT2D eigenvalue weighted by Crippen LogP contribution is 2.28. The van der Waals surface area contributed by atoms with E-state index >= 15 is 0 Å². The summed E-state index contributed by atoms with van der Waals surface area (Å²) in [7, 11) is 0. The van der Waals surface area contributed by atoms with E-state index in [4.69, 9.17) is 21.6 Å². The van der Waals surface area contributed by atoms with E-state index in [9.17, 15) is 0 Å². The van der Waals surface area contributed by atoms with E-state index < -0.39 is 0 Å². The molecule has 1 heterocycles. The fourth-order valence-electron chi connectivity index (χ4n) is 1.64. The number of hydrogen-bond acceptors (Lipinski definition) is 4. The van der Waals surface area contributed by atoms with Gasteiger partial charge in [0.25, 0.3) is 0 Å². The number of benzene rings is 1. The van der Waals surface area contributed by atoms with Crippen molar-refractivity contribution in [3.05, 3.63) is 46.1 Å². The zero-order valence-electron chi connectivity index (χ0n) is 9.94. The van der Waals surface area contributed by atoms with Crippen LogP contribution in [0, 0.1) is 25.2 Å². The quantitative estimate of drug-likeness (QED) is 0.829. The Bertz CT molecular complexity index is 594. The normalized spacial score (nSPS) is 9.89. The van der Waals surface area contributed by atoms with E-state index in [2.05, 4.69) is 16.3 Å². The smallest absolute Gasteiger partial charge is 0.238 e.